The Kier molecular flexibility index (Phi) is 9.38. The minimum Gasteiger partial charge on any atom is -0.478 e. The fourth-order valence-corrected chi connectivity index (χ4v) is 1.38. The van der Waals surface area contributed by atoms with Crippen molar-refractivity contribution in [1.29, 1.82) is 0 Å². The van der Waals surface area contributed by atoms with E-state index in [1.807, 2.05) is 19.0 Å². The molecule has 0 unspecified atom stereocenters. The Morgan fingerprint density at radius 2 is 1.95 bits per heavy atom. The van der Waals surface area contributed by atoms with Crippen LogP contribution in [-0.2, 0) is 14.3 Å². The van der Waals surface area contributed by atoms with E-state index < -0.39 is 5.97 Å². The summed E-state index contributed by atoms with van der Waals surface area (Å²) < 4.78 is 5.10. The van der Waals surface area contributed by atoms with E-state index in [1.165, 1.54) is 0 Å². The van der Waals surface area contributed by atoms with Crippen LogP contribution in [0.15, 0.2) is 23.8 Å². The van der Waals surface area contributed by atoms with Crippen molar-refractivity contribution in [2.24, 2.45) is 0 Å². The molecule has 0 amide bonds. The lowest BCUT2D eigenvalue weighted by Crippen LogP contribution is -2.17. The predicted octanol–water partition coefficient (Wildman–Crippen LogP) is 2.24. The maximum absolute atomic E-state index is 11.6. The van der Waals surface area contributed by atoms with Gasteiger partial charge in [0.2, 0.25) is 0 Å². The van der Waals surface area contributed by atoms with Crippen molar-refractivity contribution in [2.45, 2.75) is 32.6 Å². The monoisotopic (exact) mass is 283 g/mol. The van der Waals surface area contributed by atoms with E-state index in [4.69, 9.17) is 9.84 Å². The molecule has 0 radical (unpaired) electrons. The van der Waals surface area contributed by atoms with Gasteiger partial charge in [0, 0.05) is 17.7 Å². The summed E-state index contributed by atoms with van der Waals surface area (Å²) in [7, 11) is 3.87. The first-order chi connectivity index (χ1) is 9.34. The van der Waals surface area contributed by atoms with Gasteiger partial charge in [-0.2, -0.15) is 0 Å². The lowest BCUT2D eigenvalue weighted by atomic mass is 10.2. The largest absolute Gasteiger partial charge is 0.478 e. The lowest BCUT2D eigenvalue weighted by molar-refractivity contribution is -0.139. The normalized spacial score (nSPS) is 11.5. The molecular weight excluding hydrogens is 258 g/mol. The van der Waals surface area contributed by atoms with E-state index in [1.54, 1.807) is 13.0 Å². The van der Waals surface area contributed by atoms with Gasteiger partial charge in [0.15, 0.2) is 0 Å². The van der Waals surface area contributed by atoms with Gasteiger partial charge < -0.3 is 14.7 Å². The average Bonchev–Trinajstić information content (AvgIpc) is 2.38. The Morgan fingerprint density at radius 1 is 1.30 bits per heavy atom. The zero-order valence-corrected chi connectivity index (χ0v) is 12.6. The fourth-order valence-electron chi connectivity index (χ4n) is 1.38. The van der Waals surface area contributed by atoms with E-state index in [0.717, 1.165) is 19.4 Å². The van der Waals surface area contributed by atoms with Crippen molar-refractivity contribution in [3.63, 3.8) is 0 Å². The number of aliphatic carboxylic acids is 1. The molecular formula is C15H25NO4. The number of ether oxygens (including phenoxy) is 1. The van der Waals surface area contributed by atoms with Crippen molar-refractivity contribution >= 4 is 11.9 Å². The third-order valence-corrected chi connectivity index (χ3v) is 2.77. The van der Waals surface area contributed by atoms with Gasteiger partial charge in [-0.25, -0.2) is 9.59 Å². The first-order valence-electron chi connectivity index (χ1n) is 6.74. The first-order valence-corrected chi connectivity index (χ1v) is 6.74. The first kappa shape index (κ1) is 18.4. The molecule has 5 nitrogen and oxygen atoms in total. The molecule has 0 aromatic rings. The molecule has 5 heteroatoms. The Labute approximate surface area is 120 Å². The third kappa shape index (κ3) is 9.33. The van der Waals surface area contributed by atoms with Crippen LogP contribution in [0.3, 0.4) is 0 Å². The average molecular weight is 283 g/mol. The highest BCUT2D eigenvalue weighted by molar-refractivity contribution is 5.87. The Morgan fingerprint density at radius 3 is 2.50 bits per heavy atom. The van der Waals surface area contributed by atoms with Crippen molar-refractivity contribution < 1.29 is 19.4 Å². The highest BCUT2D eigenvalue weighted by Crippen LogP contribution is 2.05. The van der Waals surface area contributed by atoms with Gasteiger partial charge in [-0.1, -0.05) is 12.7 Å². The second-order valence-electron chi connectivity index (χ2n) is 4.98. The number of carboxylic acid groups (broad SMARTS) is 1. The highest BCUT2D eigenvalue weighted by Gasteiger charge is 2.08. The van der Waals surface area contributed by atoms with E-state index in [2.05, 4.69) is 6.58 Å². The predicted molar refractivity (Wildman–Crippen MR) is 78.5 cm³/mol. The molecule has 0 saturated carbocycles. The molecule has 20 heavy (non-hydrogen) atoms. The van der Waals surface area contributed by atoms with Crippen LogP contribution in [0.5, 0.6) is 0 Å². The number of unbranched alkanes of at least 4 members (excludes halogenated alkanes) is 2. The number of nitrogens with zero attached hydrogens (tertiary/aromatic N) is 1. The summed E-state index contributed by atoms with van der Waals surface area (Å²) in [5.74, 6) is -1.24. The number of rotatable bonds is 10. The second kappa shape index (κ2) is 10.2. The molecule has 0 aromatic carbocycles. The van der Waals surface area contributed by atoms with Crippen LogP contribution in [0, 0.1) is 0 Å². The summed E-state index contributed by atoms with van der Waals surface area (Å²) in [5.41, 5.74) is 0.833. The molecule has 0 aliphatic heterocycles. The van der Waals surface area contributed by atoms with Gasteiger partial charge in [0.1, 0.15) is 0 Å². The quantitative estimate of drug-likeness (QED) is 0.378. The molecule has 0 aromatic heterocycles. The molecule has 0 saturated heterocycles. The second-order valence-corrected chi connectivity index (χ2v) is 4.98. The Hall–Kier alpha value is -1.62. The van der Waals surface area contributed by atoms with Crippen LogP contribution in [0.2, 0.25) is 0 Å². The van der Waals surface area contributed by atoms with Crippen LogP contribution < -0.4 is 0 Å². The van der Waals surface area contributed by atoms with Gasteiger partial charge >= 0.3 is 11.9 Å². The number of carbonyl (C=O) groups is 2. The van der Waals surface area contributed by atoms with Crippen LogP contribution in [0.1, 0.15) is 32.6 Å². The van der Waals surface area contributed by atoms with Crippen LogP contribution in [0.4, 0.5) is 0 Å². The van der Waals surface area contributed by atoms with Gasteiger partial charge in [-0.3, -0.25) is 0 Å². The number of carboxylic acids is 1. The number of esters is 1. The fraction of sp³-hybridized carbons (Fsp3) is 0.600. The van der Waals surface area contributed by atoms with Crippen LogP contribution in [0.25, 0.3) is 0 Å². The highest BCUT2D eigenvalue weighted by atomic mass is 16.5. The molecule has 0 spiro atoms. The minimum absolute atomic E-state index is 0.343. The maximum atomic E-state index is 11.6. The van der Waals surface area contributed by atoms with E-state index in [-0.39, 0.29) is 5.97 Å². The van der Waals surface area contributed by atoms with E-state index in [9.17, 15) is 9.59 Å². The van der Waals surface area contributed by atoms with Gasteiger partial charge in [0.25, 0.3) is 0 Å². The standard InChI is InChI=1S/C15H25NO4/c1-12(14(17)18)8-6-5-7-11-20-15(19)13(2)9-10-16(3)4/h8H,2,5-7,9-11H2,1,3-4H3,(H,17,18). The summed E-state index contributed by atoms with van der Waals surface area (Å²) in [5, 5.41) is 8.66. The number of allylic oxidation sites excluding steroid dienone is 1. The molecule has 0 rings (SSSR count). The summed E-state index contributed by atoms with van der Waals surface area (Å²) in [4.78, 5) is 24.1. The zero-order valence-electron chi connectivity index (χ0n) is 12.6. The molecule has 0 aliphatic rings. The van der Waals surface area contributed by atoms with Gasteiger partial charge in [0.05, 0.1) is 6.61 Å². The van der Waals surface area contributed by atoms with Crippen molar-refractivity contribution in [1.82, 2.24) is 4.90 Å². The summed E-state index contributed by atoms with van der Waals surface area (Å²) in [6.45, 7) is 6.39. The Balaban J connectivity index is 3.69. The number of carbonyl (C=O) groups excluding carboxylic acids is 1. The molecule has 114 valence electrons. The summed E-state index contributed by atoms with van der Waals surface area (Å²) in [6.07, 6.45) is 4.47. The Bertz CT molecular complexity index is 372. The molecule has 0 heterocycles. The van der Waals surface area contributed by atoms with Crippen LogP contribution >= 0.6 is 0 Å². The third-order valence-electron chi connectivity index (χ3n) is 2.77. The van der Waals surface area contributed by atoms with E-state index in [0.29, 0.717) is 30.6 Å². The SMILES string of the molecule is C=C(CCN(C)C)C(=O)OCCCCC=C(C)C(=O)O. The summed E-state index contributed by atoms with van der Waals surface area (Å²) >= 11 is 0. The molecule has 1 N–H and O–H groups in total. The molecule has 0 aliphatic carbocycles. The molecule has 0 fully saturated rings. The number of hydrogen-bond donors (Lipinski definition) is 1. The lowest BCUT2D eigenvalue weighted by Gasteiger charge is -2.10. The van der Waals surface area contributed by atoms with Crippen molar-refractivity contribution in [3.8, 4) is 0 Å². The van der Waals surface area contributed by atoms with Crippen molar-refractivity contribution in [2.75, 3.05) is 27.2 Å². The maximum Gasteiger partial charge on any atom is 0.333 e. The van der Waals surface area contributed by atoms with Gasteiger partial charge in [-0.15, -0.1) is 0 Å². The van der Waals surface area contributed by atoms with Crippen LogP contribution in [-0.4, -0.2) is 49.2 Å². The minimum atomic E-state index is -0.895. The smallest absolute Gasteiger partial charge is 0.333 e. The topological polar surface area (TPSA) is 66.8 Å². The summed E-state index contributed by atoms with van der Waals surface area (Å²) in [6, 6.07) is 0. The number of hydrogen-bond acceptors (Lipinski definition) is 4. The van der Waals surface area contributed by atoms with Crippen molar-refractivity contribution in [3.05, 3.63) is 23.8 Å². The van der Waals surface area contributed by atoms with Gasteiger partial charge in [-0.05, 0) is 46.7 Å². The van der Waals surface area contributed by atoms with E-state index >= 15 is 0 Å². The zero-order chi connectivity index (χ0) is 15.5. The molecule has 0 bridgehead atoms. The molecule has 0 atom stereocenters.